The number of benzene rings is 2. The Morgan fingerprint density at radius 1 is 0.893 bits per heavy atom. The summed E-state index contributed by atoms with van der Waals surface area (Å²) in [6.07, 6.45) is 0.992. The fourth-order valence-electron chi connectivity index (χ4n) is 3.31. The van der Waals surface area contributed by atoms with Crippen LogP contribution in [0, 0.1) is 0 Å². The SMILES string of the molecule is CCOc1ccccc1OC(CCN1CCN(C)CC1)c1ccccc1.[Cl-].[Cl-].[H+].[H+]. The molecule has 0 radical (unpaired) electrons. The van der Waals surface area contributed by atoms with E-state index in [-0.39, 0.29) is 33.8 Å². The van der Waals surface area contributed by atoms with Crippen LogP contribution in [0.1, 0.15) is 27.9 Å². The molecule has 156 valence electrons. The lowest BCUT2D eigenvalue weighted by molar-refractivity contribution is -0.001000. The summed E-state index contributed by atoms with van der Waals surface area (Å²) in [6, 6.07) is 18.5. The van der Waals surface area contributed by atoms with E-state index in [9.17, 15) is 0 Å². The number of para-hydroxylation sites is 2. The smallest absolute Gasteiger partial charge is 1.00 e. The van der Waals surface area contributed by atoms with Crippen molar-refractivity contribution in [2.45, 2.75) is 19.4 Å². The van der Waals surface area contributed by atoms with Crippen molar-refractivity contribution in [3.63, 3.8) is 0 Å². The fourth-order valence-corrected chi connectivity index (χ4v) is 3.31. The summed E-state index contributed by atoms with van der Waals surface area (Å²) in [5.74, 6) is 1.64. The third-order valence-corrected chi connectivity index (χ3v) is 4.89. The van der Waals surface area contributed by atoms with Gasteiger partial charge < -0.3 is 44.1 Å². The number of ether oxygens (including phenoxy) is 2. The second kappa shape index (κ2) is 12.9. The van der Waals surface area contributed by atoms with Crippen LogP contribution in [0.3, 0.4) is 0 Å². The Morgan fingerprint density at radius 3 is 2.14 bits per heavy atom. The Kier molecular flexibility index (Phi) is 11.3. The molecule has 4 nitrogen and oxygen atoms in total. The van der Waals surface area contributed by atoms with Crippen molar-refractivity contribution in [1.82, 2.24) is 9.80 Å². The van der Waals surface area contributed by atoms with E-state index in [1.54, 1.807) is 0 Å². The molecule has 1 aliphatic heterocycles. The number of rotatable bonds is 8. The summed E-state index contributed by atoms with van der Waals surface area (Å²) in [6.45, 7) is 8.23. The fraction of sp³-hybridized carbons (Fsp3) is 0.455. The topological polar surface area (TPSA) is 24.9 Å². The van der Waals surface area contributed by atoms with Gasteiger partial charge in [-0.3, -0.25) is 0 Å². The van der Waals surface area contributed by atoms with Crippen LogP contribution < -0.4 is 34.3 Å². The molecule has 0 bridgehead atoms. The predicted octanol–water partition coefficient (Wildman–Crippen LogP) is -1.92. The molecule has 1 heterocycles. The molecule has 0 N–H and O–H groups in total. The lowest BCUT2D eigenvalue weighted by atomic mass is 10.1. The largest absolute Gasteiger partial charge is 1.00 e. The van der Waals surface area contributed by atoms with Crippen LogP contribution in [0.15, 0.2) is 54.6 Å². The lowest BCUT2D eigenvalue weighted by Gasteiger charge is -2.33. The molecule has 1 aliphatic rings. The van der Waals surface area contributed by atoms with Crippen molar-refractivity contribution < 1.29 is 37.1 Å². The van der Waals surface area contributed by atoms with Crippen molar-refractivity contribution in [2.75, 3.05) is 46.4 Å². The minimum atomic E-state index is 0. The predicted molar refractivity (Wildman–Crippen MR) is 108 cm³/mol. The van der Waals surface area contributed by atoms with Gasteiger partial charge >= 0.3 is 2.85 Å². The third-order valence-electron chi connectivity index (χ3n) is 4.89. The van der Waals surface area contributed by atoms with Gasteiger partial charge in [-0.2, -0.15) is 0 Å². The maximum absolute atomic E-state index is 6.43. The molecule has 3 rings (SSSR count). The van der Waals surface area contributed by atoms with Crippen molar-refractivity contribution >= 4 is 0 Å². The number of nitrogens with zero attached hydrogens (tertiary/aromatic N) is 2. The van der Waals surface area contributed by atoms with Crippen LogP contribution in [0.4, 0.5) is 0 Å². The van der Waals surface area contributed by atoms with Crippen molar-refractivity contribution in [2.24, 2.45) is 0 Å². The number of halogens is 2. The van der Waals surface area contributed by atoms with Crippen LogP contribution in [-0.4, -0.2) is 56.2 Å². The molecule has 1 fully saturated rings. The van der Waals surface area contributed by atoms with Crippen LogP contribution in [0.5, 0.6) is 11.5 Å². The van der Waals surface area contributed by atoms with Gasteiger partial charge in [-0.15, -0.1) is 0 Å². The number of likely N-dealkylation sites (N-methyl/N-ethyl adjacent to an activating group) is 1. The van der Waals surface area contributed by atoms with E-state index in [1.165, 1.54) is 5.56 Å². The normalized spacial score (nSPS) is 15.8. The molecule has 28 heavy (non-hydrogen) atoms. The monoisotopic (exact) mass is 426 g/mol. The van der Waals surface area contributed by atoms with Crippen LogP contribution in [0.2, 0.25) is 0 Å². The number of hydrogen-bond acceptors (Lipinski definition) is 4. The highest BCUT2D eigenvalue weighted by atomic mass is 35.5. The van der Waals surface area contributed by atoms with Gasteiger partial charge in [-0.25, -0.2) is 0 Å². The summed E-state index contributed by atoms with van der Waals surface area (Å²) >= 11 is 0. The summed E-state index contributed by atoms with van der Waals surface area (Å²) < 4.78 is 12.2. The molecular formula is C22H32Cl2N2O2. The zero-order valence-electron chi connectivity index (χ0n) is 18.7. The van der Waals surface area contributed by atoms with E-state index in [0.29, 0.717) is 6.61 Å². The molecule has 2 aromatic rings. The van der Waals surface area contributed by atoms with Gasteiger partial charge in [-0.05, 0) is 31.7 Å². The Labute approximate surface area is 184 Å². The lowest BCUT2D eigenvalue weighted by Crippen LogP contribution is -3.00. The summed E-state index contributed by atoms with van der Waals surface area (Å²) in [4.78, 5) is 4.92. The van der Waals surface area contributed by atoms with Crippen molar-refractivity contribution in [1.29, 1.82) is 0 Å². The highest BCUT2D eigenvalue weighted by Gasteiger charge is 2.19. The van der Waals surface area contributed by atoms with E-state index in [0.717, 1.165) is 50.6 Å². The standard InChI is InChI=1S/C22H30N2O2.2ClH/c1-3-25-21-11-7-8-12-22(21)26-20(19-9-5-4-6-10-19)13-14-24-17-15-23(2)16-18-24;;/h4-12,20H,3,13-18H2,1-2H3;2*1H. The molecule has 1 atom stereocenters. The molecule has 1 saturated heterocycles. The molecule has 2 aromatic carbocycles. The van der Waals surface area contributed by atoms with Gasteiger partial charge in [0.05, 0.1) is 6.61 Å². The van der Waals surface area contributed by atoms with Crippen LogP contribution in [0.25, 0.3) is 0 Å². The van der Waals surface area contributed by atoms with E-state index < -0.39 is 0 Å². The number of piperazine rings is 1. The van der Waals surface area contributed by atoms with Crippen molar-refractivity contribution in [3.05, 3.63) is 60.2 Å². The highest BCUT2D eigenvalue weighted by Crippen LogP contribution is 2.32. The van der Waals surface area contributed by atoms with Crippen molar-refractivity contribution in [3.8, 4) is 11.5 Å². The summed E-state index contributed by atoms with van der Waals surface area (Å²) in [5.41, 5.74) is 1.22. The minimum absolute atomic E-state index is 0. The van der Waals surface area contributed by atoms with Gasteiger partial charge in [0.25, 0.3) is 0 Å². The minimum Gasteiger partial charge on any atom is -1.00 e. The molecule has 0 amide bonds. The molecule has 0 aliphatic carbocycles. The van der Waals surface area contributed by atoms with Gasteiger partial charge in [0.1, 0.15) is 6.10 Å². The first kappa shape index (κ1) is 24.6. The quantitative estimate of drug-likeness (QED) is 0.491. The second-order valence-corrected chi connectivity index (χ2v) is 6.83. The average molecular weight is 427 g/mol. The molecule has 1 unspecified atom stereocenters. The zero-order chi connectivity index (χ0) is 18.2. The maximum atomic E-state index is 6.43. The Morgan fingerprint density at radius 2 is 1.50 bits per heavy atom. The van der Waals surface area contributed by atoms with Gasteiger partial charge in [0.2, 0.25) is 0 Å². The third kappa shape index (κ3) is 7.17. The van der Waals surface area contributed by atoms with Gasteiger partial charge in [0.15, 0.2) is 11.5 Å². The van der Waals surface area contributed by atoms with E-state index in [1.807, 2.05) is 31.2 Å². The summed E-state index contributed by atoms with van der Waals surface area (Å²) in [5, 5.41) is 0. The zero-order valence-corrected chi connectivity index (χ0v) is 18.2. The Balaban J connectivity index is 0. The molecular weight excluding hydrogens is 395 g/mol. The van der Waals surface area contributed by atoms with Crippen LogP contribution in [-0.2, 0) is 0 Å². The number of hydrogen-bond donors (Lipinski definition) is 0. The summed E-state index contributed by atoms with van der Waals surface area (Å²) in [7, 11) is 2.19. The van der Waals surface area contributed by atoms with Gasteiger partial charge in [-0.1, -0.05) is 42.5 Å². The van der Waals surface area contributed by atoms with E-state index in [2.05, 4.69) is 47.2 Å². The Bertz CT molecular complexity index is 675. The van der Waals surface area contributed by atoms with E-state index >= 15 is 0 Å². The Hall–Kier alpha value is -1.46. The second-order valence-electron chi connectivity index (χ2n) is 6.83. The first-order valence-electron chi connectivity index (χ1n) is 9.60. The highest BCUT2D eigenvalue weighted by molar-refractivity contribution is 5.40. The maximum Gasteiger partial charge on any atom is 1.00 e. The van der Waals surface area contributed by atoms with E-state index in [4.69, 9.17) is 9.47 Å². The first-order chi connectivity index (χ1) is 12.8. The molecule has 6 heteroatoms. The first-order valence-corrected chi connectivity index (χ1v) is 9.60. The average Bonchev–Trinajstić information content (AvgIpc) is 2.68. The van der Waals surface area contributed by atoms with Crippen LogP contribution >= 0.6 is 0 Å². The molecule has 0 spiro atoms. The molecule has 0 saturated carbocycles. The van der Waals surface area contributed by atoms with Gasteiger partial charge in [0, 0.05) is 39.1 Å². The molecule has 0 aromatic heterocycles.